The summed E-state index contributed by atoms with van der Waals surface area (Å²) in [5.41, 5.74) is 6.64. The Labute approximate surface area is 82.7 Å². The van der Waals surface area contributed by atoms with Gasteiger partial charge >= 0.3 is 0 Å². The van der Waals surface area contributed by atoms with E-state index in [-0.39, 0.29) is 11.1 Å². The maximum atomic E-state index is 13.0. The third kappa shape index (κ3) is 2.42. The van der Waals surface area contributed by atoms with Gasteiger partial charge in [0.25, 0.3) is 0 Å². The maximum absolute atomic E-state index is 13.0. The van der Waals surface area contributed by atoms with Crippen molar-refractivity contribution in [2.75, 3.05) is 0 Å². The average molecular weight is 202 g/mol. The average Bonchev–Trinajstić information content (AvgIpc) is 2.08. The van der Waals surface area contributed by atoms with E-state index < -0.39 is 5.82 Å². The van der Waals surface area contributed by atoms with E-state index in [9.17, 15) is 4.39 Å². The Morgan fingerprint density at radius 1 is 1.38 bits per heavy atom. The van der Waals surface area contributed by atoms with Gasteiger partial charge in [-0.1, -0.05) is 31.5 Å². The summed E-state index contributed by atoms with van der Waals surface area (Å²) in [7, 11) is 0. The van der Waals surface area contributed by atoms with E-state index in [0.717, 1.165) is 5.56 Å². The highest BCUT2D eigenvalue weighted by atomic mass is 35.5. The third-order valence-corrected chi connectivity index (χ3v) is 2.35. The van der Waals surface area contributed by atoms with Crippen LogP contribution in [0.3, 0.4) is 0 Å². The summed E-state index contributed by atoms with van der Waals surface area (Å²) in [6.45, 7) is 3.99. The molecule has 3 heteroatoms. The highest BCUT2D eigenvalue weighted by molar-refractivity contribution is 6.30. The zero-order chi connectivity index (χ0) is 10.0. The molecule has 0 saturated heterocycles. The molecular formula is C10H13ClFN. The van der Waals surface area contributed by atoms with E-state index in [0.29, 0.717) is 5.92 Å². The van der Waals surface area contributed by atoms with Crippen LogP contribution in [0.4, 0.5) is 4.39 Å². The molecule has 0 fully saturated rings. The fourth-order valence-corrected chi connectivity index (χ4v) is 1.22. The number of nitrogens with two attached hydrogens (primary N) is 1. The van der Waals surface area contributed by atoms with Gasteiger partial charge in [0, 0.05) is 6.04 Å². The number of halogens is 2. The van der Waals surface area contributed by atoms with E-state index in [2.05, 4.69) is 0 Å². The van der Waals surface area contributed by atoms with Gasteiger partial charge in [-0.15, -0.1) is 0 Å². The van der Waals surface area contributed by atoms with Gasteiger partial charge in [-0.2, -0.15) is 0 Å². The monoisotopic (exact) mass is 201 g/mol. The molecule has 0 aliphatic carbocycles. The first-order chi connectivity index (χ1) is 6.02. The minimum atomic E-state index is -0.407. The van der Waals surface area contributed by atoms with E-state index in [1.165, 1.54) is 12.1 Å². The van der Waals surface area contributed by atoms with E-state index >= 15 is 0 Å². The smallest absolute Gasteiger partial charge is 0.142 e. The molecule has 0 unspecified atom stereocenters. The predicted octanol–water partition coefficient (Wildman–Crippen LogP) is 3.13. The van der Waals surface area contributed by atoms with Gasteiger partial charge in [-0.05, 0) is 23.6 Å². The van der Waals surface area contributed by atoms with Gasteiger partial charge in [0.05, 0.1) is 5.02 Å². The number of rotatable bonds is 2. The minimum Gasteiger partial charge on any atom is -0.324 e. The molecular weight excluding hydrogens is 189 g/mol. The molecule has 2 N–H and O–H groups in total. The fraction of sp³-hybridized carbons (Fsp3) is 0.400. The molecule has 0 saturated carbocycles. The Bertz CT molecular complexity index is 299. The Balaban J connectivity index is 2.97. The highest BCUT2D eigenvalue weighted by Crippen LogP contribution is 2.22. The molecule has 0 aliphatic rings. The first-order valence-corrected chi connectivity index (χ1v) is 4.60. The summed E-state index contributed by atoms with van der Waals surface area (Å²) >= 11 is 5.55. The Hall–Kier alpha value is -0.600. The molecule has 0 aromatic heterocycles. The number of benzene rings is 1. The van der Waals surface area contributed by atoms with Gasteiger partial charge in [0.1, 0.15) is 5.82 Å². The van der Waals surface area contributed by atoms with Gasteiger partial charge in [0.2, 0.25) is 0 Å². The van der Waals surface area contributed by atoms with E-state index in [1.807, 2.05) is 13.8 Å². The van der Waals surface area contributed by atoms with Crippen LogP contribution >= 0.6 is 11.6 Å². The van der Waals surface area contributed by atoms with Crippen molar-refractivity contribution in [2.45, 2.75) is 19.9 Å². The third-order valence-electron chi connectivity index (χ3n) is 2.05. The van der Waals surface area contributed by atoms with Crippen molar-refractivity contribution in [1.82, 2.24) is 0 Å². The summed E-state index contributed by atoms with van der Waals surface area (Å²) in [5, 5.41) is 0.139. The lowest BCUT2D eigenvalue weighted by Crippen LogP contribution is -2.16. The van der Waals surface area contributed by atoms with Crippen molar-refractivity contribution in [2.24, 2.45) is 11.7 Å². The number of hydrogen-bond acceptors (Lipinski definition) is 1. The van der Waals surface area contributed by atoms with Crippen LogP contribution in [0.1, 0.15) is 25.5 Å². The number of hydrogen-bond donors (Lipinski definition) is 1. The molecule has 0 heterocycles. The van der Waals surface area contributed by atoms with Crippen molar-refractivity contribution in [1.29, 1.82) is 0 Å². The second-order valence-corrected chi connectivity index (χ2v) is 3.85. The lowest BCUT2D eigenvalue weighted by atomic mass is 9.97. The highest BCUT2D eigenvalue weighted by Gasteiger charge is 2.11. The van der Waals surface area contributed by atoms with Crippen molar-refractivity contribution in [3.8, 4) is 0 Å². The van der Waals surface area contributed by atoms with Gasteiger partial charge < -0.3 is 5.73 Å². The quantitative estimate of drug-likeness (QED) is 0.782. The molecule has 0 radical (unpaired) electrons. The summed E-state index contributed by atoms with van der Waals surface area (Å²) < 4.78 is 13.0. The van der Waals surface area contributed by atoms with Crippen LogP contribution in [0.15, 0.2) is 18.2 Å². The summed E-state index contributed by atoms with van der Waals surface area (Å²) in [6.07, 6.45) is 0. The van der Waals surface area contributed by atoms with Crippen LogP contribution in [0.25, 0.3) is 0 Å². The Kier molecular flexibility index (Phi) is 3.28. The molecule has 1 atom stereocenters. The molecule has 1 nitrogen and oxygen atoms in total. The first-order valence-electron chi connectivity index (χ1n) is 4.23. The molecule has 0 spiro atoms. The van der Waals surface area contributed by atoms with Crippen LogP contribution in [0, 0.1) is 11.7 Å². The van der Waals surface area contributed by atoms with Crippen molar-refractivity contribution in [3.63, 3.8) is 0 Å². The topological polar surface area (TPSA) is 26.0 Å². The second-order valence-electron chi connectivity index (χ2n) is 3.44. The van der Waals surface area contributed by atoms with Crippen LogP contribution in [-0.4, -0.2) is 0 Å². The van der Waals surface area contributed by atoms with Gasteiger partial charge in [-0.25, -0.2) is 4.39 Å². The Morgan fingerprint density at radius 3 is 2.46 bits per heavy atom. The molecule has 0 bridgehead atoms. The molecule has 1 rings (SSSR count). The normalized spacial score (nSPS) is 13.4. The molecule has 13 heavy (non-hydrogen) atoms. The van der Waals surface area contributed by atoms with Crippen LogP contribution < -0.4 is 5.73 Å². The lowest BCUT2D eigenvalue weighted by Gasteiger charge is -2.15. The standard InChI is InChI=1S/C10H13ClFN/c1-6(2)10(13)7-3-4-8(11)9(12)5-7/h3-6,10H,13H2,1-2H3/t10-/m1/s1. The van der Waals surface area contributed by atoms with Gasteiger partial charge in [-0.3, -0.25) is 0 Å². The zero-order valence-corrected chi connectivity index (χ0v) is 8.48. The summed E-state index contributed by atoms with van der Waals surface area (Å²) in [6, 6.07) is 4.56. The molecule has 72 valence electrons. The van der Waals surface area contributed by atoms with Crippen LogP contribution in [0.5, 0.6) is 0 Å². The second kappa shape index (κ2) is 4.07. The van der Waals surface area contributed by atoms with Gasteiger partial charge in [0.15, 0.2) is 0 Å². The zero-order valence-electron chi connectivity index (χ0n) is 7.72. The SMILES string of the molecule is CC(C)[C@@H](N)c1ccc(Cl)c(F)c1. The van der Waals surface area contributed by atoms with Crippen molar-refractivity contribution in [3.05, 3.63) is 34.6 Å². The van der Waals surface area contributed by atoms with Crippen molar-refractivity contribution < 1.29 is 4.39 Å². The lowest BCUT2D eigenvalue weighted by molar-refractivity contribution is 0.510. The van der Waals surface area contributed by atoms with E-state index in [1.54, 1.807) is 6.07 Å². The summed E-state index contributed by atoms with van der Waals surface area (Å²) in [4.78, 5) is 0. The molecule has 1 aromatic rings. The molecule has 1 aromatic carbocycles. The largest absolute Gasteiger partial charge is 0.324 e. The predicted molar refractivity (Wildman–Crippen MR) is 53.2 cm³/mol. The Morgan fingerprint density at radius 2 is 2.00 bits per heavy atom. The maximum Gasteiger partial charge on any atom is 0.142 e. The van der Waals surface area contributed by atoms with Crippen LogP contribution in [0.2, 0.25) is 5.02 Å². The molecule has 0 amide bonds. The fourth-order valence-electron chi connectivity index (χ4n) is 1.10. The van der Waals surface area contributed by atoms with E-state index in [4.69, 9.17) is 17.3 Å². The van der Waals surface area contributed by atoms with Crippen molar-refractivity contribution >= 4 is 11.6 Å². The van der Waals surface area contributed by atoms with Crippen LogP contribution in [-0.2, 0) is 0 Å². The molecule has 0 aliphatic heterocycles. The minimum absolute atomic E-state index is 0.133. The first kappa shape index (κ1) is 10.5. The summed E-state index contributed by atoms with van der Waals surface area (Å²) in [5.74, 6) is -0.115.